The van der Waals surface area contributed by atoms with E-state index in [-0.39, 0.29) is 10.6 Å². The van der Waals surface area contributed by atoms with Gasteiger partial charge in [0.1, 0.15) is 5.15 Å². The topological polar surface area (TPSA) is 22.1 Å². The van der Waals surface area contributed by atoms with Gasteiger partial charge in [0.15, 0.2) is 9.76 Å². The van der Waals surface area contributed by atoms with Crippen LogP contribution < -0.4 is 0 Å². The van der Waals surface area contributed by atoms with Crippen LogP contribution in [0.2, 0.25) is 10.2 Å². The molecule has 0 spiro atoms. The molecule has 16 heavy (non-hydrogen) atoms. The molecule has 0 aliphatic carbocycles. The van der Waals surface area contributed by atoms with Crippen LogP contribution in [0, 0.1) is 0 Å². The van der Waals surface area contributed by atoms with E-state index in [1.54, 1.807) is 6.07 Å². The molecule has 0 N–H and O–H groups in total. The highest BCUT2D eigenvalue weighted by Gasteiger charge is 2.25. The van der Waals surface area contributed by atoms with E-state index in [9.17, 15) is 0 Å². The lowest BCUT2D eigenvalue weighted by molar-refractivity contribution is 0.104. The van der Waals surface area contributed by atoms with Crippen molar-refractivity contribution in [2.24, 2.45) is 0 Å². The predicted octanol–water partition coefficient (Wildman–Crippen LogP) is 3.29. The summed E-state index contributed by atoms with van der Waals surface area (Å²) in [5.74, 6) is 0. The van der Waals surface area contributed by atoms with Crippen molar-refractivity contribution in [2.75, 3.05) is 0 Å². The van der Waals surface area contributed by atoms with Gasteiger partial charge in [0.25, 0.3) is 0 Å². The van der Waals surface area contributed by atoms with Crippen LogP contribution in [0.5, 0.6) is 0 Å². The van der Waals surface area contributed by atoms with Crippen LogP contribution in [0.25, 0.3) is 0 Å². The second-order valence-corrected chi connectivity index (χ2v) is 8.79. The Balaban J connectivity index is 2.77. The molecular weight excluding hydrogens is 238 g/mol. The molecule has 2 nitrogen and oxygen atoms in total. The first-order chi connectivity index (χ1) is 7.21. The summed E-state index contributed by atoms with van der Waals surface area (Å²) in [5, 5.41) is 0.808. The average Bonchev–Trinajstić information content (AvgIpc) is 2.14. The molecular formula is C12H20ClNOSi. The van der Waals surface area contributed by atoms with Crippen LogP contribution in [0.15, 0.2) is 18.2 Å². The van der Waals surface area contributed by atoms with Gasteiger partial charge in [0.05, 0.1) is 11.3 Å². The van der Waals surface area contributed by atoms with Gasteiger partial charge in [-0.25, -0.2) is 4.98 Å². The number of pyridine rings is 1. The number of halogens is 1. The van der Waals surface area contributed by atoms with Crippen molar-refractivity contribution in [3.63, 3.8) is 0 Å². The van der Waals surface area contributed by atoms with Crippen molar-refractivity contribution >= 4 is 21.4 Å². The highest BCUT2D eigenvalue weighted by Crippen LogP contribution is 2.28. The van der Waals surface area contributed by atoms with Gasteiger partial charge in [-0.3, -0.25) is 0 Å². The van der Waals surface area contributed by atoms with E-state index in [1.165, 1.54) is 0 Å². The third kappa shape index (κ3) is 4.24. The van der Waals surface area contributed by atoms with Crippen LogP contribution >= 0.6 is 11.6 Å². The summed E-state index contributed by atoms with van der Waals surface area (Å²) >= 11 is 5.89. The summed E-state index contributed by atoms with van der Waals surface area (Å²) in [7, 11) is -0.594. The van der Waals surface area contributed by atoms with Crippen LogP contribution in [0.4, 0.5) is 0 Å². The zero-order chi connectivity index (χ0) is 12.4. The summed E-state index contributed by atoms with van der Waals surface area (Å²) in [5.41, 5.74) is 0.557. The van der Waals surface area contributed by atoms with E-state index in [2.05, 4.69) is 25.8 Å². The Bertz CT molecular complexity index is 360. The van der Waals surface area contributed by atoms with Crippen molar-refractivity contribution < 1.29 is 4.43 Å². The summed E-state index contributed by atoms with van der Waals surface area (Å²) in [6.07, 6.45) is 0. The maximum Gasteiger partial charge on any atom is 0.168 e. The smallest absolute Gasteiger partial charge is 0.168 e. The Labute approximate surface area is 105 Å². The minimum Gasteiger partial charge on any atom is -0.413 e. The zero-order valence-corrected chi connectivity index (χ0v) is 12.8. The van der Waals surface area contributed by atoms with Crippen LogP contribution in [0.3, 0.4) is 0 Å². The van der Waals surface area contributed by atoms with Crippen molar-refractivity contribution in [3.05, 3.63) is 29.0 Å². The summed E-state index contributed by atoms with van der Waals surface area (Å²) in [6, 6.07) is 5.65. The normalized spacial score (nSPS) is 13.6. The molecule has 0 saturated heterocycles. The predicted molar refractivity (Wildman–Crippen MR) is 71.6 cm³/mol. The highest BCUT2D eigenvalue weighted by molar-refractivity contribution is 6.31. The van der Waals surface area contributed by atoms with E-state index in [4.69, 9.17) is 16.0 Å². The zero-order valence-electron chi connectivity index (χ0n) is 10.7. The van der Waals surface area contributed by atoms with Gasteiger partial charge in [0.2, 0.25) is 0 Å². The lowest BCUT2D eigenvalue weighted by atomic mass is 10.1. The molecule has 0 bridgehead atoms. The third-order valence-electron chi connectivity index (χ3n) is 2.20. The number of nitrogens with zero attached hydrogens (tertiary/aromatic N) is 1. The Morgan fingerprint density at radius 1 is 1.19 bits per heavy atom. The van der Waals surface area contributed by atoms with E-state index < -0.39 is 9.76 Å². The molecule has 0 aliphatic rings. The molecule has 0 saturated carbocycles. The van der Waals surface area contributed by atoms with Gasteiger partial charge < -0.3 is 4.43 Å². The molecule has 0 aliphatic heterocycles. The highest BCUT2D eigenvalue weighted by atomic mass is 35.5. The molecule has 0 radical (unpaired) electrons. The number of aromatic nitrogens is 1. The second kappa shape index (κ2) is 4.86. The summed E-state index contributed by atoms with van der Waals surface area (Å²) in [6.45, 7) is 10.7. The lowest BCUT2D eigenvalue weighted by Crippen LogP contribution is -2.28. The molecule has 0 atom stereocenters. The van der Waals surface area contributed by atoms with E-state index in [0.29, 0.717) is 5.15 Å². The number of hydrogen-bond donors (Lipinski definition) is 0. The maximum absolute atomic E-state index is 6.05. The molecule has 90 valence electrons. The van der Waals surface area contributed by atoms with Crippen molar-refractivity contribution in [2.45, 2.75) is 45.3 Å². The molecule has 1 aromatic rings. The quantitative estimate of drug-likeness (QED) is 0.612. The first-order valence-electron chi connectivity index (χ1n) is 5.48. The molecule has 4 heteroatoms. The Morgan fingerprint density at radius 3 is 2.31 bits per heavy atom. The molecule has 0 fully saturated rings. The van der Waals surface area contributed by atoms with E-state index in [0.717, 1.165) is 5.69 Å². The Hall–Kier alpha value is -0.383. The summed E-state index contributed by atoms with van der Waals surface area (Å²) in [4.78, 5) is 4.31. The monoisotopic (exact) mass is 257 g/mol. The fourth-order valence-corrected chi connectivity index (χ4v) is 2.32. The SMILES string of the molecule is CC(C)(C)[SiH2]OC(C)(C)c1cccc(Cl)n1. The van der Waals surface area contributed by atoms with Crippen molar-refractivity contribution in [3.8, 4) is 0 Å². The fourth-order valence-electron chi connectivity index (χ4n) is 1.21. The Kier molecular flexibility index (Phi) is 4.15. The van der Waals surface area contributed by atoms with E-state index in [1.807, 2.05) is 26.0 Å². The van der Waals surface area contributed by atoms with Crippen molar-refractivity contribution in [1.82, 2.24) is 4.98 Å². The van der Waals surface area contributed by atoms with Gasteiger partial charge in [-0.1, -0.05) is 38.4 Å². The molecule has 0 unspecified atom stereocenters. The number of rotatable bonds is 3. The molecule has 0 amide bonds. The van der Waals surface area contributed by atoms with Crippen molar-refractivity contribution in [1.29, 1.82) is 0 Å². The van der Waals surface area contributed by atoms with Gasteiger partial charge in [-0.15, -0.1) is 0 Å². The van der Waals surface area contributed by atoms with Gasteiger partial charge >= 0.3 is 0 Å². The van der Waals surface area contributed by atoms with Gasteiger partial charge in [-0.2, -0.15) is 0 Å². The van der Waals surface area contributed by atoms with Crippen LogP contribution in [0.1, 0.15) is 40.3 Å². The molecule has 1 aromatic heterocycles. The minimum absolute atomic E-state index is 0.288. The first-order valence-corrected chi connectivity index (χ1v) is 7.14. The maximum atomic E-state index is 6.05. The minimum atomic E-state index is -0.594. The molecule has 0 aromatic carbocycles. The molecule has 1 heterocycles. The standard InChI is InChI=1S/C12H20ClNOSi/c1-11(2,3)16-15-12(4,5)9-7-6-8-10(13)14-9/h6-8H,16H2,1-5H3. The van der Waals surface area contributed by atoms with Crippen LogP contribution in [-0.2, 0) is 10.0 Å². The average molecular weight is 258 g/mol. The second-order valence-electron chi connectivity index (χ2n) is 5.71. The largest absolute Gasteiger partial charge is 0.413 e. The van der Waals surface area contributed by atoms with Crippen LogP contribution in [-0.4, -0.2) is 14.7 Å². The Morgan fingerprint density at radius 2 is 1.81 bits per heavy atom. The van der Waals surface area contributed by atoms with Gasteiger partial charge in [0, 0.05) is 0 Å². The third-order valence-corrected chi connectivity index (χ3v) is 4.14. The van der Waals surface area contributed by atoms with E-state index >= 15 is 0 Å². The fraction of sp³-hybridized carbons (Fsp3) is 0.583. The summed E-state index contributed by atoms with van der Waals surface area (Å²) < 4.78 is 6.05. The number of hydrogen-bond acceptors (Lipinski definition) is 2. The van der Waals surface area contributed by atoms with Gasteiger partial charge in [-0.05, 0) is 31.0 Å². The lowest BCUT2D eigenvalue weighted by Gasteiger charge is -2.29. The first kappa shape index (κ1) is 13.7. The molecule has 1 rings (SSSR count).